The summed E-state index contributed by atoms with van der Waals surface area (Å²) in [4.78, 5) is 2.37. The Morgan fingerprint density at radius 1 is 0.322 bits per heavy atom. The van der Waals surface area contributed by atoms with Crippen LogP contribution in [0, 0.1) is 0 Å². The van der Waals surface area contributed by atoms with E-state index in [1.54, 1.807) is 0 Å². The van der Waals surface area contributed by atoms with Gasteiger partial charge in [-0.25, -0.2) is 0 Å². The van der Waals surface area contributed by atoms with Gasteiger partial charge in [-0.2, -0.15) is 0 Å². The summed E-state index contributed by atoms with van der Waals surface area (Å²) in [6.45, 7) is 0. The average Bonchev–Trinajstić information content (AvgIpc) is 3.85. The van der Waals surface area contributed by atoms with Crippen molar-refractivity contribution in [3.63, 3.8) is 0 Å². The summed E-state index contributed by atoms with van der Waals surface area (Å²) in [7, 11) is 0. The number of anilines is 3. The molecule has 0 unspecified atom stereocenters. The maximum Gasteiger partial charge on any atom is 0.136 e. The Morgan fingerprint density at radius 3 is 1.59 bits per heavy atom. The fourth-order valence-corrected chi connectivity index (χ4v) is 9.17. The number of para-hydroxylation sites is 4. The molecule has 0 fully saturated rings. The third-order valence-corrected chi connectivity index (χ3v) is 12.0. The van der Waals surface area contributed by atoms with E-state index in [1.807, 2.05) is 12.1 Å². The van der Waals surface area contributed by atoms with Crippen molar-refractivity contribution in [3.05, 3.63) is 218 Å². The minimum Gasteiger partial charge on any atom is -0.456 e. The summed E-state index contributed by atoms with van der Waals surface area (Å²) in [5.41, 5.74) is 13.2. The third kappa shape index (κ3) is 5.44. The molecule has 0 N–H and O–H groups in total. The van der Waals surface area contributed by atoms with Gasteiger partial charge in [0.2, 0.25) is 0 Å². The molecule has 0 radical (unpaired) electrons. The minimum absolute atomic E-state index is 0.901. The van der Waals surface area contributed by atoms with Gasteiger partial charge in [-0.1, -0.05) is 146 Å². The summed E-state index contributed by atoms with van der Waals surface area (Å²) in [6.07, 6.45) is 0. The van der Waals surface area contributed by atoms with Crippen LogP contribution in [-0.2, 0) is 0 Å². The minimum atomic E-state index is 0.901. The second-order valence-corrected chi connectivity index (χ2v) is 15.3. The summed E-state index contributed by atoms with van der Waals surface area (Å²) in [6, 6.07) is 78.8. The Hall–Kier alpha value is -7.88. The van der Waals surface area contributed by atoms with Gasteiger partial charge in [0.25, 0.3) is 0 Å². The smallest absolute Gasteiger partial charge is 0.136 e. The van der Waals surface area contributed by atoms with Crippen LogP contribution in [0.1, 0.15) is 0 Å². The highest BCUT2D eigenvalue weighted by Crippen LogP contribution is 2.41. The molecule has 0 atom stereocenters. The third-order valence-electron chi connectivity index (χ3n) is 12.0. The zero-order valence-corrected chi connectivity index (χ0v) is 32.1. The first-order valence-electron chi connectivity index (χ1n) is 20.2. The Labute approximate surface area is 341 Å². The molecular formula is C56H36N2O. The number of rotatable bonds is 6. The molecule has 0 aliphatic rings. The molecule has 0 aliphatic heterocycles. The van der Waals surface area contributed by atoms with E-state index < -0.39 is 0 Å². The molecule has 3 heteroatoms. The number of fused-ring (bicyclic) bond motifs is 9. The number of furan rings is 1. The monoisotopic (exact) mass is 752 g/mol. The van der Waals surface area contributed by atoms with Crippen LogP contribution in [0.25, 0.3) is 93.2 Å². The van der Waals surface area contributed by atoms with Crippen molar-refractivity contribution in [1.82, 2.24) is 4.57 Å². The number of nitrogens with zero attached hydrogens (tertiary/aromatic N) is 2. The van der Waals surface area contributed by atoms with Gasteiger partial charge in [0.1, 0.15) is 11.2 Å². The van der Waals surface area contributed by atoms with Gasteiger partial charge in [-0.3, -0.25) is 0 Å². The number of benzene rings is 10. The predicted octanol–water partition coefficient (Wildman–Crippen LogP) is 15.8. The SMILES string of the molecule is c1ccc(-n2c3ccccc3c3ccccc32)c(-c2ccc(N(c3ccc(-c4ccc5c(c4)oc4ccccc45)cc3)c3ccc4ccc5ccccc5c4c3)cc2)c1. The van der Waals surface area contributed by atoms with Gasteiger partial charge in [-0.05, 0) is 111 Å². The lowest BCUT2D eigenvalue weighted by Crippen LogP contribution is -2.10. The van der Waals surface area contributed by atoms with Crippen molar-refractivity contribution in [2.45, 2.75) is 0 Å². The van der Waals surface area contributed by atoms with Crippen molar-refractivity contribution >= 4 is 82.4 Å². The first-order chi connectivity index (χ1) is 29.2. The molecule has 2 heterocycles. The molecule has 59 heavy (non-hydrogen) atoms. The zero-order valence-electron chi connectivity index (χ0n) is 32.1. The summed E-state index contributed by atoms with van der Waals surface area (Å²) in [5, 5.41) is 9.74. The summed E-state index contributed by atoms with van der Waals surface area (Å²) < 4.78 is 8.67. The van der Waals surface area contributed by atoms with Crippen molar-refractivity contribution in [2.24, 2.45) is 0 Å². The molecule has 12 rings (SSSR count). The van der Waals surface area contributed by atoms with Crippen molar-refractivity contribution in [3.8, 4) is 27.9 Å². The lowest BCUT2D eigenvalue weighted by molar-refractivity contribution is 0.669. The van der Waals surface area contributed by atoms with Crippen molar-refractivity contribution < 1.29 is 4.42 Å². The van der Waals surface area contributed by atoms with Crippen LogP contribution >= 0.6 is 0 Å². The Balaban J connectivity index is 0.976. The van der Waals surface area contributed by atoms with Gasteiger partial charge < -0.3 is 13.9 Å². The molecule has 0 bridgehead atoms. The Morgan fingerprint density at radius 2 is 0.847 bits per heavy atom. The van der Waals surface area contributed by atoms with Gasteiger partial charge in [0.15, 0.2) is 0 Å². The molecule has 3 nitrogen and oxygen atoms in total. The highest BCUT2D eigenvalue weighted by atomic mass is 16.3. The molecule has 0 saturated carbocycles. The molecule has 0 saturated heterocycles. The van der Waals surface area contributed by atoms with E-state index in [1.165, 1.54) is 48.9 Å². The fraction of sp³-hybridized carbons (Fsp3) is 0. The van der Waals surface area contributed by atoms with Crippen LogP contribution in [0.3, 0.4) is 0 Å². The second-order valence-electron chi connectivity index (χ2n) is 15.3. The van der Waals surface area contributed by atoms with Crippen molar-refractivity contribution in [1.29, 1.82) is 0 Å². The van der Waals surface area contributed by atoms with E-state index in [0.29, 0.717) is 0 Å². The normalized spacial score (nSPS) is 11.7. The highest BCUT2D eigenvalue weighted by Gasteiger charge is 2.18. The van der Waals surface area contributed by atoms with E-state index in [2.05, 4.69) is 216 Å². The molecule has 276 valence electrons. The topological polar surface area (TPSA) is 21.3 Å². The maximum atomic E-state index is 6.26. The predicted molar refractivity (Wildman–Crippen MR) is 249 cm³/mol. The number of aromatic nitrogens is 1. The van der Waals surface area contributed by atoms with Gasteiger partial charge in [0.05, 0.1) is 16.7 Å². The second kappa shape index (κ2) is 13.4. The fourth-order valence-electron chi connectivity index (χ4n) is 9.17. The van der Waals surface area contributed by atoms with E-state index in [9.17, 15) is 0 Å². The van der Waals surface area contributed by atoms with Crippen LogP contribution in [0.2, 0.25) is 0 Å². The summed E-state index contributed by atoms with van der Waals surface area (Å²) in [5.74, 6) is 0. The Bertz CT molecular complexity index is 3500. The van der Waals surface area contributed by atoms with E-state index >= 15 is 0 Å². The number of hydrogen-bond donors (Lipinski definition) is 0. The van der Waals surface area contributed by atoms with E-state index in [4.69, 9.17) is 4.42 Å². The Kier molecular flexibility index (Phi) is 7.54. The lowest BCUT2D eigenvalue weighted by Gasteiger charge is -2.26. The van der Waals surface area contributed by atoms with Gasteiger partial charge in [0, 0.05) is 44.2 Å². The maximum absolute atomic E-state index is 6.26. The summed E-state index contributed by atoms with van der Waals surface area (Å²) >= 11 is 0. The lowest BCUT2D eigenvalue weighted by atomic mass is 10.00. The highest BCUT2D eigenvalue weighted by molar-refractivity contribution is 6.11. The molecule has 10 aromatic carbocycles. The van der Waals surface area contributed by atoms with E-state index in [0.717, 1.165) is 61.4 Å². The first kappa shape index (κ1) is 33.3. The van der Waals surface area contributed by atoms with Gasteiger partial charge in [-0.15, -0.1) is 0 Å². The quantitative estimate of drug-likeness (QED) is 0.158. The van der Waals surface area contributed by atoms with Crippen LogP contribution in [-0.4, -0.2) is 4.57 Å². The molecule has 0 amide bonds. The van der Waals surface area contributed by atoms with Crippen LogP contribution in [0.4, 0.5) is 17.1 Å². The standard InChI is InChI=1S/C56H36N2O/c1-2-12-45-38(11-1)21-22-40-27-33-44(36-51(40)45)57(42-29-23-37(24-30-42)41-28-34-50-49-16-6-10-20-55(49)59-56(50)35-41)43-31-25-39(26-32-43)46-13-3-7-17-52(46)58-53-18-8-4-14-47(53)48-15-5-9-19-54(48)58/h1-36H. The molecule has 12 aromatic rings. The van der Waals surface area contributed by atoms with Crippen LogP contribution < -0.4 is 4.90 Å². The molecule has 0 spiro atoms. The van der Waals surface area contributed by atoms with Gasteiger partial charge >= 0.3 is 0 Å². The first-order valence-corrected chi connectivity index (χ1v) is 20.2. The van der Waals surface area contributed by atoms with Crippen molar-refractivity contribution in [2.75, 3.05) is 4.90 Å². The molecular weight excluding hydrogens is 717 g/mol. The zero-order chi connectivity index (χ0) is 38.9. The molecule has 2 aromatic heterocycles. The molecule has 0 aliphatic carbocycles. The average molecular weight is 753 g/mol. The largest absolute Gasteiger partial charge is 0.456 e. The van der Waals surface area contributed by atoms with Crippen LogP contribution in [0.5, 0.6) is 0 Å². The number of hydrogen-bond acceptors (Lipinski definition) is 2. The van der Waals surface area contributed by atoms with Crippen LogP contribution in [0.15, 0.2) is 223 Å². The van der Waals surface area contributed by atoms with E-state index in [-0.39, 0.29) is 0 Å².